The third-order valence-corrected chi connectivity index (χ3v) is 1.65. The summed E-state index contributed by atoms with van der Waals surface area (Å²) in [5.74, 6) is 0. The zero-order valence-corrected chi connectivity index (χ0v) is 6.94. The number of rotatable bonds is 1. The summed E-state index contributed by atoms with van der Waals surface area (Å²) in [5.41, 5.74) is 7.36. The van der Waals surface area contributed by atoms with Crippen LogP contribution in [0, 0.1) is 5.41 Å². The Hall–Kier alpha value is -1.02. The Morgan fingerprint density at radius 2 is 2.18 bits per heavy atom. The molecule has 58 valence electrons. The topological polar surface area (TPSA) is 49.9 Å². The van der Waals surface area contributed by atoms with Gasteiger partial charge in [0.15, 0.2) is 0 Å². The summed E-state index contributed by atoms with van der Waals surface area (Å²) in [6.07, 6.45) is 0. The molecule has 0 spiro atoms. The third kappa shape index (κ3) is 1.71. The van der Waals surface area contributed by atoms with Gasteiger partial charge in [0.25, 0.3) is 0 Å². The molecule has 3 N–H and O–H groups in total. The molecule has 0 saturated carbocycles. The number of hydrogen-bond acceptors (Lipinski definition) is 2. The Morgan fingerprint density at radius 3 is 2.64 bits per heavy atom. The van der Waals surface area contributed by atoms with E-state index >= 15 is 0 Å². The van der Waals surface area contributed by atoms with E-state index in [0.29, 0.717) is 16.4 Å². The molecule has 0 heterocycles. The van der Waals surface area contributed by atoms with Crippen molar-refractivity contribution in [1.29, 1.82) is 5.41 Å². The van der Waals surface area contributed by atoms with Crippen molar-refractivity contribution in [1.82, 2.24) is 0 Å². The summed E-state index contributed by atoms with van der Waals surface area (Å²) in [6, 6.07) is 5.13. The predicted octanol–water partition coefficient (Wildman–Crippen LogP) is 2.31. The molecule has 0 aliphatic carbocycles. The average Bonchev–Trinajstić information content (AvgIpc) is 1.85. The van der Waals surface area contributed by atoms with Crippen molar-refractivity contribution < 1.29 is 0 Å². The molecule has 0 radical (unpaired) electrons. The first kappa shape index (κ1) is 8.08. The predicted molar refractivity (Wildman–Crippen MR) is 48.4 cm³/mol. The molecular formula is C8H9ClN2. The van der Waals surface area contributed by atoms with Crippen LogP contribution in [0.5, 0.6) is 0 Å². The van der Waals surface area contributed by atoms with Crippen LogP contribution in [0.2, 0.25) is 5.02 Å². The Balaban J connectivity index is 3.20. The Labute approximate surface area is 70.5 Å². The first-order valence-electron chi connectivity index (χ1n) is 3.22. The maximum atomic E-state index is 7.32. The second-order valence-electron chi connectivity index (χ2n) is 2.36. The van der Waals surface area contributed by atoms with Crippen LogP contribution in [0.25, 0.3) is 0 Å². The zero-order chi connectivity index (χ0) is 8.43. The average molecular weight is 169 g/mol. The number of halogens is 1. The van der Waals surface area contributed by atoms with E-state index in [2.05, 4.69) is 0 Å². The molecule has 1 aromatic carbocycles. The molecule has 0 unspecified atom stereocenters. The second-order valence-corrected chi connectivity index (χ2v) is 2.79. The smallest absolute Gasteiger partial charge is 0.0426 e. The molecule has 0 aliphatic rings. The maximum Gasteiger partial charge on any atom is 0.0426 e. The minimum atomic E-state index is 0.458. The fourth-order valence-electron chi connectivity index (χ4n) is 0.875. The lowest BCUT2D eigenvalue weighted by atomic mass is 10.1. The van der Waals surface area contributed by atoms with Crippen molar-refractivity contribution in [2.75, 3.05) is 5.73 Å². The van der Waals surface area contributed by atoms with E-state index in [0.717, 1.165) is 5.56 Å². The molecule has 0 fully saturated rings. The first-order valence-corrected chi connectivity index (χ1v) is 3.59. The largest absolute Gasteiger partial charge is 0.398 e. The number of benzene rings is 1. The van der Waals surface area contributed by atoms with Crippen LogP contribution in [0.1, 0.15) is 12.5 Å². The fourth-order valence-corrected chi connectivity index (χ4v) is 1.06. The number of hydrogen-bond donors (Lipinski definition) is 2. The van der Waals surface area contributed by atoms with E-state index in [-0.39, 0.29) is 0 Å². The molecule has 1 rings (SSSR count). The lowest BCUT2D eigenvalue weighted by Crippen LogP contribution is -1.98. The normalized spacial score (nSPS) is 9.64. The van der Waals surface area contributed by atoms with Crippen LogP contribution in [0.4, 0.5) is 5.69 Å². The van der Waals surface area contributed by atoms with E-state index in [4.69, 9.17) is 22.7 Å². The van der Waals surface area contributed by atoms with E-state index in [1.54, 1.807) is 25.1 Å². The number of nitrogen functional groups attached to an aromatic ring is 1. The molecule has 0 saturated heterocycles. The summed E-state index contributed by atoms with van der Waals surface area (Å²) in [6.45, 7) is 1.69. The molecule has 0 atom stereocenters. The first-order chi connectivity index (χ1) is 5.11. The van der Waals surface area contributed by atoms with Gasteiger partial charge < -0.3 is 11.1 Å². The molecular weight excluding hydrogens is 160 g/mol. The van der Waals surface area contributed by atoms with E-state index < -0.39 is 0 Å². The minimum absolute atomic E-state index is 0.458. The lowest BCUT2D eigenvalue weighted by molar-refractivity contribution is 1.46. The third-order valence-electron chi connectivity index (χ3n) is 1.42. The highest BCUT2D eigenvalue weighted by Crippen LogP contribution is 2.17. The Morgan fingerprint density at radius 1 is 1.55 bits per heavy atom. The van der Waals surface area contributed by atoms with Gasteiger partial charge in [-0.25, -0.2) is 0 Å². The molecule has 11 heavy (non-hydrogen) atoms. The van der Waals surface area contributed by atoms with Gasteiger partial charge in [0.05, 0.1) is 0 Å². The van der Waals surface area contributed by atoms with Crippen LogP contribution in [-0.4, -0.2) is 5.71 Å². The SMILES string of the molecule is CC(=N)c1ccc(Cl)cc1N. The lowest BCUT2D eigenvalue weighted by Gasteiger charge is -2.02. The van der Waals surface area contributed by atoms with Gasteiger partial charge in [-0.3, -0.25) is 0 Å². The van der Waals surface area contributed by atoms with Crippen LogP contribution in [0.15, 0.2) is 18.2 Å². The number of nitrogens with two attached hydrogens (primary N) is 1. The number of nitrogens with one attached hydrogen (secondary N) is 1. The van der Waals surface area contributed by atoms with E-state index in [1.807, 2.05) is 0 Å². The monoisotopic (exact) mass is 168 g/mol. The Kier molecular flexibility index (Phi) is 2.15. The van der Waals surface area contributed by atoms with Gasteiger partial charge in [-0.05, 0) is 25.1 Å². The van der Waals surface area contributed by atoms with E-state index in [1.165, 1.54) is 0 Å². The summed E-state index contributed by atoms with van der Waals surface area (Å²) < 4.78 is 0. The summed E-state index contributed by atoms with van der Waals surface area (Å²) in [5, 5.41) is 7.93. The van der Waals surface area contributed by atoms with Crippen LogP contribution < -0.4 is 5.73 Å². The molecule has 0 aromatic heterocycles. The molecule has 0 aliphatic heterocycles. The summed E-state index contributed by atoms with van der Waals surface area (Å²) >= 11 is 5.67. The van der Waals surface area contributed by atoms with Crippen molar-refractivity contribution in [2.24, 2.45) is 0 Å². The minimum Gasteiger partial charge on any atom is -0.398 e. The van der Waals surface area contributed by atoms with Gasteiger partial charge in [0.1, 0.15) is 0 Å². The fraction of sp³-hybridized carbons (Fsp3) is 0.125. The van der Waals surface area contributed by atoms with Crippen molar-refractivity contribution in [3.8, 4) is 0 Å². The quantitative estimate of drug-likeness (QED) is 0.491. The van der Waals surface area contributed by atoms with Gasteiger partial charge in [-0.2, -0.15) is 0 Å². The van der Waals surface area contributed by atoms with Gasteiger partial charge in [0.2, 0.25) is 0 Å². The maximum absolute atomic E-state index is 7.32. The molecule has 3 heteroatoms. The standard InChI is InChI=1S/C8H9ClN2/c1-5(10)7-3-2-6(9)4-8(7)11/h2-4,10H,11H2,1H3. The van der Waals surface area contributed by atoms with Crippen molar-refractivity contribution >= 4 is 23.0 Å². The van der Waals surface area contributed by atoms with Crippen LogP contribution >= 0.6 is 11.6 Å². The van der Waals surface area contributed by atoms with Gasteiger partial charge in [0, 0.05) is 22.0 Å². The summed E-state index contributed by atoms with van der Waals surface area (Å²) in [7, 11) is 0. The van der Waals surface area contributed by atoms with Crippen molar-refractivity contribution in [2.45, 2.75) is 6.92 Å². The van der Waals surface area contributed by atoms with Crippen molar-refractivity contribution in [3.63, 3.8) is 0 Å². The highest BCUT2D eigenvalue weighted by molar-refractivity contribution is 6.31. The van der Waals surface area contributed by atoms with Crippen LogP contribution in [0.3, 0.4) is 0 Å². The molecule has 0 amide bonds. The highest BCUT2D eigenvalue weighted by atomic mass is 35.5. The van der Waals surface area contributed by atoms with Crippen LogP contribution in [-0.2, 0) is 0 Å². The number of anilines is 1. The Bertz CT molecular complexity index is 294. The zero-order valence-electron chi connectivity index (χ0n) is 6.19. The van der Waals surface area contributed by atoms with Crippen molar-refractivity contribution in [3.05, 3.63) is 28.8 Å². The highest BCUT2D eigenvalue weighted by Gasteiger charge is 2.00. The molecule has 0 bridgehead atoms. The van der Waals surface area contributed by atoms with Gasteiger partial charge in [-0.1, -0.05) is 11.6 Å². The van der Waals surface area contributed by atoms with Gasteiger partial charge >= 0.3 is 0 Å². The summed E-state index contributed by atoms with van der Waals surface area (Å²) in [4.78, 5) is 0. The van der Waals surface area contributed by atoms with Gasteiger partial charge in [-0.15, -0.1) is 0 Å². The van der Waals surface area contributed by atoms with E-state index in [9.17, 15) is 0 Å². The molecule has 2 nitrogen and oxygen atoms in total. The molecule has 1 aromatic rings. The second kappa shape index (κ2) is 2.93.